The average Bonchev–Trinajstić information content (AvgIpc) is 3.23. The number of likely N-dealkylation sites (tertiary alicyclic amines) is 1. The number of rotatable bonds is 3. The van der Waals surface area contributed by atoms with E-state index in [0.717, 1.165) is 51.7 Å². The van der Waals surface area contributed by atoms with Crippen molar-refractivity contribution in [2.45, 2.75) is 83.3 Å². The fourth-order valence-electron chi connectivity index (χ4n) is 5.06. The fourth-order valence-corrected chi connectivity index (χ4v) is 5.06. The van der Waals surface area contributed by atoms with Crippen LogP contribution in [0.3, 0.4) is 0 Å². The normalized spacial score (nSPS) is 25.6. The molecular formula is C20H32N4O. The molecule has 138 valence electrons. The highest BCUT2D eigenvalue weighted by Crippen LogP contribution is 2.43. The zero-order chi connectivity index (χ0) is 17.4. The monoisotopic (exact) mass is 344 g/mol. The first-order valence-corrected chi connectivity index (χ1v) is 10.2. The molecule has 2 fully saturated rings. The zero-order valence-corrected chi connectivity index (χ0v) is 15.8. The van der Waals surface area contributed by atoms with Gasteiger partial charge in [0.2, 0.25) is 5.91 Å². The molecule has 3 aliphatic rings. The molecule has 2 aliphatic heterocycles. The maximum Gasteiger partial charge on any atom is 0.240 e. The summed E-state index contributed by atoms with van der Waals surface area (Å²) in [6.45, 7) is 7.34. The van der Waals surface area contributed by atoms with Gasteiger partial charge in [-0.3, -0.25) is 10.1 Å². The van der Waals surface area contributed by atoms with Gasteiger partial charge in [0.1, 0.15) is 0 Å². The minimum Gasteiger partial charge on any atom is -0.341 e. The summed E-state index contributed by atoms with van der Waals surface area (Å²) in [6, 6.07) is -0.0775. The van der Waals surface area contributed by atoms with Gasteiger partial charge in [-0.25, -0.2) is 4.98 Å². The predicted molar refractivity (Wildman–Crippen MR) is 98.3 cm³/mol. The Morgan fingerprint density at radius 1 is 1.24 bits per heavy atom. The molecule has 1 spiro atoms. The lowest BCUT2D eigenvalue weighted by atomic mass is 9.84. The number of hydrogen-bond donors (Lipinski definition) is 1. The molecule has 5 nitrogen and oxygen atoms in total. The van der Waals surface area contributed by atoms with Gasteiger partial charge in [0, 0.05) is 31.7 Å². The second kappa shape index (κ2) is 6.75. The molecule has 3 heterocycles. The molecule has 1 saturated heterocycles. The molecule has 5 heteroatoms. The Morgan fingerprint density at radius 3 is 2.64 bits per heavy atom. The Morgan fingerprint density at radius 2 is 1.96 bits per heavy atom. The highest BCUT2D eigenvalue weighted by molar-refractivity contribution is 5.83. The summed E-state index contributed by atoms with van der Waals surface area (Å²) < 4.78 is 2.32. The first-order chi connectivity index (χ1) is 12.1. The van der Waals surface area contributed by atoms with Crippen LogP contribution in [0.25, 0.3) is 0 Å². The van der Waals surface area contributed by atoms with Crippen LogP contribution < -0.4 is 5.32 Å². The molecule has 1 aliphatic carbocycles. The SMILES string of the molecule is CC(C)Cn1cnc2c1CC(C(=O)N1CCCCC1)NC21CCCC1. The molecule has 1 atom stereocenters. The first kappa shape index (κ1) is 17.1. The van der Waals surface area contributed by atoms with Gasteiger partial charge in [-0.1, -0.05) is 26.7 Å². The molecule has 1 aromatic rings. The Labute approximate surface area is 151 Å². The molecule has 1 N–H and O–H groups in total. The van der Waals surface area contributed by atoms with E-state index in [0.29, 0.717) is 11.8 Å². The molecule has 25 heavy (non-hydrogen) atoms. The summed E-state index contributed by atoms with van der Waals surface area (Å²) in [4.78, 5) is 20.1. The molecule has 0 radical (unpaired) electrons. The summed E-state index contributed by atoms with van der Waals surface area (Å²) in [5, 5.41) is 3.78. The number of piperidine rings is 1. The van der Waals surface area contributed by atoms with Crippen molar-refractivity contribution < 1.29 is 4.79 Å². The minimum atomic E-state index is -0.0775. The summed E-state index contributed by atoms with van der Waals surface area (Å²) in [5.41, 5.74) is 2.48. The number of amides is 1. The Bertz CT molecular complexity index is 624. The number of imidazole rings is 1. The molecule has 0 aromatic carbocycles. The van der Waals surface area contributed by atoms with Gasteiger partial charge in [-0.05, 0) is 38.0 Å². The van der Waals surface area contributed by atoms with E-state index in [1.165, 1.54) is 30.7 Å². The van der Waals surface area contributed by atoms with Crippen LogP contribution in [-0.2, 0) is 23.3 Å². The second-order valence-electron chi connectivity index (χ2n) is 8.66. The first-order valence-electron chi connectivity index (χ1n) is 10.2. The van der Waals surface area contributed by atoms with Crippen molar-refractivity contribution in [3.05, 3.63) is 17.7 Å². The number of nitrogens with zero attached hydrogens (tertiary/aromatic N) is 3. The van der Waals surface area contributed by atoms with Crippen LogP contribution in [0.1, 0.15) is 70.2 Å². The van der Waals surface area contributed by atoms with Crippen LogP contribution in [0.4, 0.5) is 0 Å². The maximum atomic E-state index is 13.2. The van der Waals surface area contributed by atoms with Crippen LogP contribution in [0, 0.1) is 5.92 Å². The number of carbonyl (C=O) groups excluding carboxylic acids is 1. The lowest BCUT2D eigenvalue weighted by Crippen LogP contribution is -2.58. The van der Waals surface area contributed by atoms with Gasteiger partial charge in [0.25, 0.3) is 0 Å². The highest BCUT2D eigenvalue weighted by atomic mass is 16.2. The smallest absolute Gasteiger partial charge is 0.240 e. The summed E-state index contributed by atoms with van der Waals surface area (Å²) >= 11 is 0. The number of nitrogens with one attached hydrogen (secondary N) is 1. The largest absolute Gasteiger partial charge is 0.341 e. The van der Waals surface area contributed by atoms with E-state index in [2.05, 4.69) is 28.6 Å². The Balaban J connectivity index is 1.63. The van der Waals surface area contributed by atoms with E-state index in [9.17, 15) is 4.79 Å². The van der Waals surface area contributed by atoms with Crippen molar-refractivity contribution in [3.63, 3.8) is 0 Å². The van der Waals surface area contributed by atoms with Crippen LogP contribution in [0.2, 0.25) is 0 Å². The van der Waals surface area contributed by atoms with E-state index in [-0.39, 0.29) is 11.6 Å². The summed E-state index contributed by atoms with van der Waals surface area (Å²) in [7, 11) is 0. The number of aromatic nitrogens is 2. The van der Waals surface area contributed by atoms with Crippen LogP contribution in [-0.4, -0.2) is 39.5 Å². The van der Waals surface area contributed by atoms with Gasteiger partial charge >= 0.3 is 0 Å². The third kappa shape index (κ3) is 3.12. The molecule has 1 amide bonds. The summed E-state index contributed by atoms with van der Waals surface area (Å²) in [6.07, 6.45) is 11.1. The predicted octanol–water partition coefficient (Wildman–Crippen LogP) is 2.84. The standard InChI is InChI=1S/C20H32N4O/c1-15(2)13-24-14-21-18-17(24)12-16(22-20(18)8-4-5-9-20)19(25)23-10-6-3-7-11-23/h14-16,22H,3-13H2,1-2H3. The van der Waals surface area contributed by atoms with Crippen LogP contribution in [0.5, 0.6) is 0 Å². The molecule has 1 unspecified atom stereocenters. The topological polar surface area (TPSA) is 50.2 Å². The van der Waals surface area contributed by atoms with Gasteiger partial charge in [-0.15, -0.1) is 0 Å². The molecule has 0 bridgehead atoms. The number of hydrogen-bond acceptors (Lipinski definition) is 3. The third-order valence-corrected chi connectivity index (χ3v) is 6.23. The Hall–Kier alpha value is -1.36. The van der Waals surface area contributed by atoms with Crippen molar-refractivity contribution in [3.8, 4) is 0 Å². The Kier molecular flexibility index (Phi) is 4.61. The molecule has 4 rings (SSSR count). The van der Waals surface area contributed by atoms with E-state index in [1.807, 2.05) is 6.33 Å². The van der Waals surface area contributed by atoms with Crippen molar-refractivity contribution in [1.29, 1.82) is 0 Å². The van der Waals surface area contributed by atoms with E-state index >= 15 is 0 Å². The maximum absolute atomic E-state index is 13.2. The van der Waals surface area contributed by atoms with E-state index < -0.39 is 0 Å². The number of carbonyl (C=O) groups is 1. The average molecular weight is 345 g/mol. The highest BCUT2D eigenvalue weighted by Gasteiger charge is 2.47. The van der Waals surface area contributed by atoms with Crippen molar-refractivity contribution in [2.24, 2.45) is 5.92 Å². The van der Waals surface area contributed by atoms with Gasteiger partial charge in [-0.2, -0.15) is 0 Å². The van der Waals surface area contributed by atoms with Gasteiger partial charge in [0.05, 0.1) is 23.6 Å². The minimum absolute atomic E-state index is 0.0636. The lowest BCUT2D eigenvalue weighted by molar-refractivity contribution is -0.135. The van der Waals surface area contributed by atoms with Crippen molar-refractivity contribution in [2.75, 3.05) is 13.1 Å². The van der Waals surface area contributed by atoms with Crippen molar-refractivity contribution in [1.82, 2.24) is 19.8 Å². The zero-order valence-electron chi connectivity index (χ0n) is 15.8. The summed E-state index contributed by atoms with van der Waals surface area (Å²) in [5.74, 6) is 0.901. The molecule has 1 saturated carbocycles. The van der Waals surface area contributed by atoms with E-state index in [1.54, 1.807) is 0 Å². The fraction of sp³-hybridized carbons (Fsp3) is 0.800. The van der Waals surface area contributed by atoms with E-state index in [4.69, 9.17) is 4.98 Å². The van der Waals surface area contributed by atoms with Crippen LogP contribution >= 0.6 is 0 Å². The quantitative estimate of drug-likeness (QED) is 0.917. The van der Waals surface area contributed by atoms with Crippen LogP contribution in [0.15, 0.2) is 6.33 Å². The van der Waals surface area contributed by atoms with Crippen molar-refractivity contribution >= 4 is 5.91 Å². The molecular weight excluding hydrogens is 312 g/mol. The lowest BCUT2D eigenvalue weighted by Gasteiger charge is -2.41. The molecule has 1 aromatic heterocycles. The van der Waals surface area contributed by atoms with Gasteiger partial charge in [0.15, 0.2) is 0 Å². The number of fused-ring (bicyclic) bond motifs is 2. The second-order valence-corrected chi connectivity index (χ2v) is 8.66. The third-order valence-electron chi connectivity index (χ3n) is 6.23. The van der Waals surface area contributed by atoms with Gasteiger partial charge < -0.3 is 9.47 Å².